The first kappa shape index (κ1) is 13.2. The predicted octanol–water partition coefficient (Wildman–Crippen LogP) is 1.50. The summed E-state index contributed by atoms with van der Waals surface area (Å²) in [6.45, 7) is 3.41. The van der Waals surface area contributed by atoms with Gasteiger partial charge < -0.3 is 9.47 Å². The zero-order chi connectivity index (χ0) is 11.0. The van der Waals surface area contributed by atoms with Gasteiger partial charge in [-0.25, -0.2) is 0 Å². The summed E-state index contributed by atoms with van der Waals surface area (Å²) in [4.78, 5) is 21.7. The Morgan fingerprint density at radius 3 is 2.21 bits per heavy atom. The fraction of sp³-hybridized carbons (Fsp3) is 0.778. The Morgan fingerprint density at radius 1 is 1.21 bits per heavy atom. The van der Waals surface area contributed by atoms with E-state index in [-0.39, 0.29) is 30.8 Å². The second-order valence-corrected chi connectivity index (χ2v) is 2.96. The molecule has 0 aromatic heterocycles. The topological polar surface area (TPSA) is 52.6 Å². The molecule has 0 fully saturated rings. The van der Waals surface area contributed by atoms with E-state index in [2.05, 4.69) is 0 Å². The maximum absolute atomic E-state index is 10.9. The Morgan fingerprint density at radius 2 is 1.79 bits per heavy atom. The number of hydrogen-bond donors (Lipinski definition) is 0. The lowest BCUT2D eigenvalue weighted by molar-refractivity contribution is -0.157. The summed E-state index contributed by atoms with van der Waals surface area (Å²) in [6.07, 6.45) is 0.0471. The average Bonchev–Trinajstić information content (AvgIpc) is 2.22. The van der Waals surface area contributed by atoms with Crippen LogP contribution in [0.15, 0.2) is 0 Å². The van der Waals surface area contributed by atoms with Crippen molar-refractivity contribution in [3.05, 3.63) is 0 Å². The predicted molar refractivity (Wildman–Crippen MR) is 52.1 cm³/mol. The summed E-state index contributed by atoms with van der Waals surface area (Å²) < 4.78 is 9.68. The van der Waals surface area contributed by atoms with Crippen molar-refractivity contribution in [2.45, 2.75) is 32.8 Å². The Kier molecular flexibility index (Phi) is 7.20. The maximum atomic E-state index is 10.9. The van der Waals surface area contributed by atoms with Gasteiger partial charge in [0.2, 0.25) is 0 Å². The largest absolute Gasteiger partial charge is 0.462 e. The molecule has 14 heavy (non-hydrogen) atoms. The van der Waals surface area contributed by atoms with Crippen LogP contribution in [-0.2, 0) is 19.1 Å². The smallest absolute Gasteiger partial charge is 0.305 e. The van der Waals surface area contributed by atoms with E-state index < -0.39 is 6.10 Å². The van der Waals surface area contributed by atoms with Crippen LogP contribution in [0, 0.1) is 0 Å². The number of alkyl halides is 1. The highest BCUT2D eigenvalue weighted by Crippen LogP contribution is 2.00. The van der Waals surface area contributed by atoms with Crippen LogP contribution in [0.25, 0.3) is 0 Å². The quantitative estimate of drug-likeness (QED) is 0.505. The van der Waals surface area contributed by atoms with Gasteiger partial charge in [0.1, 0.15) is 12.7 Å². The lowest BCUT2D eigenvalue weighted by Gasteiger charge is -2.14. The number of carbonyl (C=O) groups is 2. The van der Waals surface area contributed by atoms with Crippen molar-refractivity contribution in [3.8, 4) is 0 Å². The molecule has 0 aliphatic rings. The number of hydrogen-bond acceptors (Lipinski definition) is 4. The third kappa shape index (κ3) is 5.80. The third-order valence-corrected chi connectivity index (χ3v) is 1.82. The van der Waals surface area contributed by atoms with Crippen LogP contribution >= 0.6 is 11.6 Å². The lowest BCUT2D eigenvalue weighted by atomic mass is 10.4. The van der Waals surface area contributed by atoms with Crippen LogP contribution in [0.4, 0.5) is 0 Å². The molecule has 0 unspecified atom stereocenters. The molecule has 0 amide bonds. The van der Waals surface area contributed by atoms with Gasteiger partial charge in [0.25, 0.3) is 0 Å². The van der Waals surface area contributed by atoms with Crippen molar-refractivity contribution in [1.29, 1.82) is 0 Å². The minimum absolute atomic E-state index is 0.0297. The standard InChI is InChI=1S/C9H15ClO4/c1-3-8(11)13-6-7(5-10)14-9(12)4-2/h7H,3-6H2,1-2H3/t7-/m1/s1. The average molecular weight is 223 g/mol. The number of esters is 2. The van der Waals surface area contributed by atoms with Gasteiger partial charge in [-0.15, -0.1) is 11.6 Å². The van der Waals surface area contributed by atoms with Crippen LogP contribution in [-0.4, -0.2) is 30.5 Å². The van der Waals surface area contributed by atoms with Gasteiger partial charge in [-0.1, -0.05) is 13.8 Å². The van der Waals surface area contributed by atoms with Gasteiger partial charge in [-0.05, 0) is 0 Å². The van der Waals surface area contributed by atoms with Gasteiger partial charge in [0.15, 0.2) is 0 Å². The minimum atomic E-state index is -0.542. The van der Waals surface area contributed by atoms with E-state index in [1.165, 1.54) is 0 Å². The van der Waals surface area contributed by atoms with Crippen molar-refractivity contribution < 1.29 is 19.1 Å². The Balaban J connectivity index is 3.79. The third-order valence-electron chi connectivity index (χ3n) is 1.48. The summed E-state index contributed by atoms with van der Waals surface area (Å²) >= 11 is 5.53. The zero-order valence-corrected chi connectivity index (χ0v) is 9.17. The van der Waals surface area contributed by atoms with Crippen LogP contribution in [0.1, 0.15) is 26.7 Å². The lowest BCUT2D eigenvalue weighted by Crippen LogP contribution is -2.26. The van der Waals surface area contributed by atoms with Crippen molar-refractivity contribution in [2.24, 2.45) is 0 Å². The summed E-state index contributed by atoms with van der Waals surface area (Å²) in [5.41, 5.74) is 0. The molecule has 0 aliphatic heterocycles. The van der Waals surface area contributed by atoms with Crippen molar-refractivity contribution >= 4 is 23.5 Å². The van der Waals surface area contributed by atoms with Gasteiger partial charge >= 0.3 is 11.9 Å². The maximum Gasteiger partial charge on any atom is 0.305 e. The molecule has 0 aromatic rings. The number of rotatable bonds is 6. The minimum Gasteiger partial charge on any atom is -0.462 e. The molecule has 1 atom stereocenters. The summed E-state index contributed by atoms with van der Waals surface area (Å²) in [7, 11) is 0. The van der Waals surface area contributed by atoms with Crippen LogP contribution in [0.3, 0.4) is 0 Å². The van der Waals surface area contributed by atoms with Gasteiger partial charge in [-0.2, -0.15) is 0 Å². The van der Waals surface area contributed by atoms with Gasteiger partial charge in [-0.3, -0.25) is 9.59 Å². The second-order valence-electron chi connectivity index (χ2n) is 2.66. The number of ether oxygens (including phenoxy) is 2. The molecule has 82 valence electrons. The highest BCUT2D eigenvalue weighted by Gasteiger charge is 2.14. The van der Waals surface area contributed by atoms with Crippen LogP contribution < -0.4 is 0 Å². The van der Waals surface area contributed by atoms with Crippen molar-refractivity contribution in [3.63, 3.8) is 0 Å². The summed E-state index contributed by atoms with van der Waals surface area (Å²) in [5.74, 6) is -0.543. The van der Waals surface area contributed by atoms with E-state index in [9.17, 15) is 9.59 Å². The van der Waals surface area contributed by atoms with Crippen LogP contribution in [0.5, 0.6) is 0 Å². The molecule has 0 bridgehead atoms. The molecular formula is C9H15ClO4. The number of carbonyl (C=O) groups excluding carboxylic acids is 2. The van der Waals surface area contributed by atoms with E-state index in [4.69, 9.17) is 21.1 Å². The zero-order valence-electron chi connectivity index (χ0n) is 8.42. The molecule has 0 rings (SSSR count). The molecule has 0 saturated heterocycles. The summed E-state index contributed by atoms with van der Waals surface area (Å²) in [6, 6.07) is 0. The first-order valence-electron chi connectivity index (χ1n) is 4.55. The fourth-order valence-corrected chi connectivity index (χ4v) is 0.819. The highest BCUT2D eigenvalue weighted by atomic mass is 35.5. The first-order chi connectivity index (χ1) is 6.63. The second kappa shape index (κ2) is 7.62. The van der Waals surface area contributed by atoms with Crippen molar-refractivity contribution in [2.75, 3.05) is 12.5 Å². The molecule has 4 nitrogen and oxygen atoms in total. The molecule has 0 aromatic carbocycles. The van der Waals surface area contributed by atoms with Gasteiger partial charge in [0, 0.05) is 12.8 Å². The first-order valence-corrected chi connectivity index (χ1v) is 5.08. The number of halogens is 1. The van der Waals surface area contributed by atoms with E-state index in [1.807, 2.05) is 0 Å². The highest BCUT2D eigenvalue weighted by molar-refractivity contribution is 6.18. The molecular weight excluding hydrogens is 208 g/mol. The molecule has 0 radical (unpaired) electrons. The molecule has 0 spiro atoms. The molecule has 0 aliphatic carbocycles. The molecule has 5 heteroatoms. The SMILES string of the molecule is CCC(=O)OC[C@@H](CCl)OC(=O)CC. The van der Waals surface area contributed by atoms with Gasteiger partial charge in [0.05, 0.1) is 5.88 Å². The molecule has 0 N–H and O–H groups in total. The monoisotopic (exact) mass is 222 g/mol. The normalized spacial score (nSPS) is 11.9. The van der Waals surface area contributed by atoms with Crippen molar-refractivity contribution in [1.82, 2.24) is 0 Å². The van der Waals surface area contributed by atoms with Crippen LogP contribution in [0.2, 0.25) is 0 Å². The molecule has 0 heterocycles. The Bertz CT molecular complexity index is 193. The van der Waals surface area contributed by atoms with E-state index in [0.717, 1.165) is 0 Å². The van der Waals surface area contributed by atoms with E-state index in [0.29, 0.717) is 6.42 Å². The Hall–Kier alpha value is -0.770. The summed E-state index contributed by atoms with van der Waals surface area (Å²) in [5, 5.41) is 0. The Labute approximate surface area is 88.5 Å². The van der Waals surface area contributed by atoms with E-state index >= 15 is 0 Å². The fourth-order valence-electron chi connectivity index (χ4n) is 0.667. The molecule has 0 saturated carbocycles. The van der Waals surface area contributed by atoms with E-state index in [1.54, 1.807) is 13.8 Å².